The molecule has 1 fully saturated rings. The fraction of sp³-hybridized carbons (Fsp3) is 0.444. The second-order valence-electron chi connectivity index (χ2n) is 6.05. The number of hydrogen-bond acceptors (Lipinski definition) is 1. The molecule has 1 N–H and O–H groups in total. The third-order valence-electron chi connectivity index (χ3n) is 4.63. The number of rotatable bonds is 5. The molecule has 0 saturated heterocycles. The number of nitrogens with one attached hydrogen (secondary N) is 1. The minimum atomic E-state index is 0.377. The van der Waals surface area contributed by atoms with E-state index in [1.165, 1.54) is 29.2 Å². The lowest BCUT2D eigenvalue weighted by Crippen LogP contribution is -2.21. The van der Waals surface area contributed by atoms with Crippen molar-refractivity contribution >= 4 is 10.8 Å². The van der Waals surface area contributed by atoms with Gasteiger partial charge in [-0.3, -0.25) is 0 Å². The van der Waals surface area contributed by atoms with Crippen LogP contribution in [-0.2, 0) is 5.41 Å². The highest BCUT2D eigenvalue weighted by Crippen LogP contribution is 2.55. The maximum Gasteiger partial charge on any atom is -0.00118 e. The third kappa shape index (κ3) is 2.28. The molecule has 1 nitrogen and oxygen atoms in total. The highest BCUT2D eigenvalue weighted by atomic mass is 14.9. The summed E-state index contributed by atoms with van der Waals surface area (Å²) in [5.41, 5.74) is 1.91. The van der Waals surface area contributed by atoms with Crippen LogP contribution in [0.1, 0.15) is 32.3 Å². The Labute approximate surface area is 116 Å². The zero-order chi connectivity index (χ0) is 13.3. The molecule has 1 aliphatic rings. The lowest BCUT2D eigenvalue weighted by Gasteiger charge is -2.15. The molecule has 0 aromatic heterocycles. The SMILES string of the molecule is CCCNCC1CC1(C)c1cccc2ccccc12. The summed E-state index contributed by atoms with van der Waals surface area (Å²) in [7, 11) is 0. The van der Waals surface area contributed by atoms with E-state index in [2.05, 4.69) is 61.6 Å². The molecule has 0 bridgehead atoms. The molecule has 0 amide bonds. The van der Waals surface area contributed by atoms with Gasteiger partial charge in [-0.1, -0.05) is 56.3 Å². The van der Waals surface area contributed by atoms with Gasteiger partial charge in [0.1, 0.15) is 0 Å². The van der Waals surface area contributed by atoms with Gasteiger partial charge < -0.3 is 5.32 Å². The Morgan fingerprint density at radius 2 is 1.95 bits per heavy atom. The minimum absolute atomic E-state index is 0.377. The quantitative estimate of drug-likeness (QED) is 0.790. The molecule has 0 aliphatic heterocycles. The molecule has 3 rings (SSSR count). The average Bonchev–Trinajstić information content (AvgIpc) is 3.10. The smallest absolute Gasteiger partial charge is 0.00118 e. The Balaban J connectivity index is 1.85. The van der Waals surface area contributed by atoms with E-state index < -0.39 is 0 Å². The fourth-order valence-electron chi connectivity index (χ4n) is 3.26. The summed E-state index contributed by atoms with van der Waals surface area (Å²) >= 11 is 0. The lowest BCUT2D eigenvalue weighted by molar-refractivity contribution is 0.577. The molecular formula is C18H23N. The fourth-order valence-corrected chi connectivity index (χ4v) is 3.26. The van der Waals surface area contributed by atoms with Crippen LogP contribution < -0.4 is 5.32 Å². The van der Waals surface area contributed by atoms with Crippen LogP contribution in [0.25, 0.3) is 10.8 Å². The second kappa shape index (κ2) is 4.97. The van der Waals surface area contributed by atoms with Crippen molar-refractivity contribution < 1.29 is 0 Å². The third-order valence-corrected chi connectivity index (χ3v) is 4.63. The molecule has 100 valence electrons. The number of fused-ring (bicyclic) bond motifs is 1. The van der Waals surface area contributed by atoms with Crippen LogP contribution in [0, 0.1) is 5.92 Å². The molecule has 0 heterocycles. The van der Waals surface area contributed by atoms with E-state index in [0.717, 1.165) is 19.0 Å². The van der Waals surface area contributed by atoms with Gasteiger partial charge >= 0.3 is 0 Å². The largest absolute Gasteiger partial charge is 0.316 e. The Morgan fingerprint density at radius 1 is 1.16 bits per heavy atom. The Hall–Kier alpha value is -1.34. The van der Waals surface area contributed by atoms with E-state index in [1.54, 1.807) is 0 Å². The van der Waals surface area contributed by atoms with Crippen molar-refractivity contribution in [2.24, 2.45) is 5.92 Å². The summed E-state index contributed by atoms with van der Waals surface area (Å²) in [5.74, 6) is 0.796. The molecule has 2 aromatic carbocycles. The predicted octanol–water partition coefficient (Wildman–Crippen LogP) is 4.12. The maximum absolute atomic E-state index is 3.57. The first-order chi connectivity index (χ1) is 9.25. The zero-order valence-electron chi connectivity index (χ0n) is 11.9. The van der Waals surface area contributed by atoms with Gasteiger partial charge in [0.15, 0.2) is 0 Å². The van der Waals surface area contributed by atoms with E-state index in [1.807, 2.05) is 0 Å². The summed E-state index contributed by atoms with van der Waals surface area (Å²) in [6.07, 6.45) is 2.54. The van der Waals surface area contributed by atoms with Crippen molar-refractivity contribution in [1.82, 2.24) is 5.32 Å². The van der Waals surface area contributed by atoms with Gasteiger partial charge in [0.25, 0.3) is 0 Å². The van der Waals surface area contributed by atoms with Crippen molar-refractivity contribution in [2.75, 3.05) is 13.1 Å². The molecule has 2 aromatic rings. The van der Waals surface area contributed by atoms with Crippen molar-refractivity contribution in [2.45, 2.75) is 32.1 Å². The van der Waals surface area contributed by atoms with E-state index in [-0.39, 0.29) is 0 Å². The van der Waals surface area contributed by atoms with Gasteiger partial charge in [0, 0.05) is 0 Å². The summed E-state index contributed by atoms with van der Waals surface area (Å²) in [5, 5.41) is 6.37. The normalized spacial score (nSPS) is 25.7. The Bertz CT molecular complexity index is 569. The molecular weight excluding hydrogens is 230 g/mol. The Morgan fingerprint density at radius 3 is 2.79 bits per heavy atom. The lowest BCUT2D eigenvalue weighted by atomic mass is 9.90. The molecule has 19 heavy (non-hydrogen) atoms. The molecule has 2 atom stereocenters. The van der Waals surface area contributed by atoms with Gasteiger partial charge in [-0.05, 0) is 53.6 Å². The average molecular weight is 253 g/mol. The van der Waals surface area contributed by atoms with Crippen LogP contribution in [0.5, 0.6) is 0 Å². The van der Waals surface area contributed by atoms with Crippen molar-refractivity contribution in [3.8, 4) is 0 Å². The summed E-state index contributed by atoms with van der Waals surface area (Å²) < 4.78 is 0. The van der Waals surface area contributed by atoms with Gasteiger partial charge in [-0.15, -0.1) is 0 Å². The minimum Gasteiger partial charge on any atom is -0.316 e. The summed E-state index contributed by atoms with van der Waals surface area (Å²) in [6, 6.07) is 15.5. The molecule has 0 radical (unpaired) electrons. The topological polar surface area (TPSA) is 12.0 Å². The van der Waals surface area contributed by atoms with Gasteiger partial charge in [0.2, 0.25) is 0 Å². The monoisotopic (exact) mass is 253 g/mol. The summed E-state index contributed by atoms with van der Waals surface area (Å²) in [6.45, 7) is 6.95. The highest BCUT2D eigenvalue weighted by molar-refractivity contribution is 5.87. The predicted molar refractivity (Wildman–Crippen MR) is 82.6 cm³/mol. The van der Waals surface area contributed by atoms with Crippen LogP contribution >= 0.6 is 0 Å². The van der Waals surface area contributed by atoms with Crippen LogP contribution in [0.2, 0.25) is 0 Å². The van der Waals surface area contributed by atoms with Crippen LogP contribution in [0.4, 0.5) is 0 Å². The Kier molecular flexibility index (Phi) is 3.32. The summed E-state index contributed by atoms with van der Waals surface area (Å²) in [4.78, 5) is 0. The number of benzene rings is 2. The van der Waals surface area contributed by atoms with E-state index >= 15 is 0 Å². The zero-order valence-corrected chi connectivity index (χ0v) is 11.9. The van der Waals surface area contributed by atoms with Gasteiger partial charge in [-0.2, -0.15) is 0 Å². The van der Waals surface area contributed by atoms with E-state index in [4.69, 9.17) is 0 Å². The standard InChI is InChI=1S/C18H23N/c1-3-11-19-13-15-12-18(15,2)17-10-6-8-14-7-4-5-9-16(14)17/h4-10,15,19H,3,11-13H2,1-2H3. The van der Waals surface area contributed by atoms with Crippen LogP contribution in [0.3, 0.4) is 0 Å². The molecule has 0 spiro atoms. The van der Waals surface area contributed by atoms with Crippen molar-refractivity contribution in [3.05, 3.63) is 48.0 Å². The van der Waals surface area contributed by atoms with E-state index in [9.17, 15) is 0 Å². The van der Waals surface area contributed by atoms with Gasteiger partial charge in [-0.25, -0.2) is 0 Å². The second-order valence-corrected chi connectivity index (χ2v) is 6.05. The first kappa shape index (κ1) is 12.7. The first-order valence-electron chi connectivity index (χ1n) is 7.44. The highest BCUT2D eigenvalue weighted by Gasteiger charge is 2.51. The van der Waals surface area contributed by atoms with Gasteiger partial charge in [0.05, 0.1) is 0 Å². The molecule has 1 saturated carbocycles. The maximum atomic E-state index is 3.57. The van der Waals surface area contributed by atoms with Crippen LogP contribution in [-0.4, -0.2) is 13.1 Å². The molecule has 1 heteroatoms. The van der Waals surface area contributed by atoms with Crippen molar-refractivity contribution in [3.63, 3.8) is 0 Å². The van der Waals surface area contributed by atoms with E-state index in [0.29, 0.717) is 5.41 Å². The molecule has 1 aliphatic carbocycles. The van der Waals surface area contributed by atoms with Crippen molar-refractivity contribution in [1.29, 1.82) is 0 Å². The number of hydrogen-bond donors (Lipinski definition) is 1. The first-order valence-corrected chi connectivity index (χ1v) is 7.44. The van der Waals surface area contributed by atoms with Crippen LogP contribution in [0.15, 0.2) is 42.5 Å². The molecule has 2 unspecified atom stereocenters.